The third kappa shape index (κ3) is 2.68. The smallest absolute Gasteiger partial charge is 0.0638 e. The number of rotatable bonds is 3. The summed E-state index contributed by atoms with van der Waals surface area (Å²) >= 11 is 7.74. The third-order valence-corrected chi connectivity index (χ3v) is 3.66. The van der Waals surface area contributed by atoms with Gasteiger partial charge in [0.2, 0.25) is 0 Å². The predicted molar refractivity (Wildman–Crippen MR) is 69.7 cm³/mol. The van der Waals surface area contributed by atoms with Gasteiger partial charge in [0, 0.05) is 21.9 Å². The molecule has 2 N–H and O–H groups in total. The van der Waals surface area contributed by atoms with Crippen LogP contribution in [-0.2, 0) is 5.75 Å². The number of anilines is 1. The average molecular weight is 251 g/mol. The maximum absolute atomic E-state index is 6.07. The molecule has 0 aliphatic heterocycles. The number of thioether (sulfide) groups is 1. The van der Waals surface area contributed by atoms with Crippen molar-refractivity contribution in [2.75, 3.05) is 5.73 Å². The third-order valence-electron chi connectivity index (χ3n) is 2.15. The van der Waals surface area contributed by atoms with Crippen LogP contribution in [0.5, 0.6) is 0 Å². The Bertz CT molecular complexity index is 442. The van der Waals surface area contributed by atoms with Crippen molar-refractivity contribution in [3.05, 3.63) is 53.3 Å². The molecule has 0 saturated heterocycles. The van der Waals surface area contributed by atoms with Gasteiger partial charge >= 0.3 is 0 Å². The van der Waals surface area contributed by atoms with E-state index in [-0.39, 0.29) is 0 Å². The molecule has 0 aliphatic carbocycles. The van der Waals surface area contributed by atoms with Crippen molar-refractivity contribution in [2.24, 2.45) is 0 Å². The first-order valence-electron chi connectivity index (χ1n) is 4.83. The number of pyridine rings is 1. The van der Waals surface area contributed by atoms with Gasteiger partial charge in [0.15, 0.2) is 0 Å². The molecule has 1 heterocycles. The van der Waals surface area contributed by atoms with Gasteiger partial charge in [0.25, 0.3) is 0 Å². The van der Waals surface area contributed by atoms with Crippen molar-refractivity contribution in [1.82, 2.24) is 4.98 Å². The van der Waals surface area contributed by atoms with Gasteiger partial charge in [0.05, 0.1) is 11.9 Å². The molecule has 1 aromatic heterocycles. The number of halogens is 1. The Morgan fingerprint density at radius 3 is 2.81 bits per heavy atom. The monoisotopic (exact) mass is 250 g/mol. The van der Waals surface area contributed by atoms with Crippen LogP contribution in [0.1, 0.15) is 5.56 Å². The van der Waals surface area contributed by atoms with Crippen LogP contribution in [0.15, 0.2) is 47.6 Å². The van der Waals surface area contributed by atoms with Crippen molar-refractivity contribution in [1.29, 1.82) is 0 Å². The number of nitrogens with two attached hydrogens (primary N) is 1. The lowest BCUT2D eigenvalue weighted by atomic mass is 10.2. The lowest BCUT2D eigenvalue weighted by molar-refractivity contribution is 1.26. The highest BCUT2D eigenvalue weighted by atomic mass is 35.5. The molecule has 4 heteroatoms. The normalized spacial score (nSPS) is 10.3. The van der Waals surface area contributed by atoms with Crippen LogP contribution in [0.4, 0.5) is 5.69 Å². The van der Waals surface area contributed by atoms with E-state index in [1.807, 2.05) is 30.3 Å². The fourth-order valence-electron chi connectivity index (χ4n) is 1.30. The summed E-state index contributed by atoms with van der Waals surface area (Å²) in [5, 5.41) is 0.794. The number of hydrogen-bond donors (Lipinski definition) is 1. The van der Waals surface area contributed by atoms with E-state index in [0.29, 0.717) is 5.69 Å². The van der Waals surface area contributed by atoms with E-state index >= 15 is 0 Å². The lowest BCUT2D eigenvalue weighted by Crippen LogP contribution is -1.90. The van der Waals surface area contributed by atoms with Crippen LogP contribution in [0.3, 0.4) is 0 Å². The number of nitrogens with zero attached hydrogens (tertiary/aromatic N) is 1. The summed E-state index contributed by atoms with van der Waals surface area (Å²) in [5.41, 5.74) is 7.63. The van der Waals surface area contributed by atoms with E-state index < -0.39 is 0 Å². The van der Waals surface area contributed by atoms with Crippen molar-refractivity contribution >= 4 is 29.1 Å². The fourth-order valence-corrected chi connectivity index (χ4v) is 2.52. The molecule has 1 aromatic carbocycles. The minimum atomic E-state index is 0.708. The van der Waals surface area contributed by atoms with Crippen LogP contribution >= 0.6 is 23.4 Å². The van der Waals surface area contributed by atoms with E-state index in [9.17, 15) is 0 Å². The predicted octanol–water partition coefficient (Wildman–Crippen LogP) is 3.61. The average Bonchev–Trinajstić information content (AvgIpc) is 2.30. The zero-order valence-corrected chi connectivity index (χ0v) is 10.1. The van der Waals surface area contributed by atoms with E-state index in [0.717, 1.165) is 21.2 Å². The van der Waals surface area contributed by atoms with Crippen molar-refractivity contribution < 1.29 is 0 Å². The van der Waals surface area contributed by atoms with Crippen molar-refractivity contribution in [2.45, 2.75) is 10.6 Å². The topological polar surface area (TPSA) is 38.9 Å². The van der Waals surface area contributed by atoms with Crippen LogP contribution < -0.4 is 5.73 Å². The molecule has 0 fully saturated rings. The van der Waals surface area contributed by atoms with E-state index in [2.05, 4.69) is 4.98 Å². The lowest BCUT2D eigenvalue weighted by Gasteiger charge is -2.05. The van der Waals surface area contributed by atoms with Gasteiger partial charge in [-0.1, -0.05) is 29.8 Å². The number of hydrogen-bond acceptors (Lipinski definition) is 3. The summed E-state index contributed by atoms with van der Waals surface area (Å²) in [6.45, 7) is 0. The van der Waals surface area contributed by atoms with Gasteiger partial charge in [-0.05, 0) is 17.7 Å². The quantitative estimate of drug-likeness (QED) is 0.846. The summed E-state index contributed by atoms with van der Waals surface area (Å²) in [4.78, 5) is 4.99. The molecule has 2 aromatic rings. The zero-order valence-electron chi connectivity index (χ0n) is 8.56. The van der Waals surface area contributed by atoms with Gasteiger partial charge in [-0.15, -0.1) is 11.8 Å². The Hall–Kier alpha value is -1.19. The Morgan fingerprint density at radius 1 is 1.25 bits per heavy atom. The molecule has 0 bridgehead atoms. The highest BCUT2D eigenvalue weighted by Gasteiger charge is 2.02. The fraction of sp³-hybridized carbons (Fsp3) is 0.0833. The van der Waals surface area contributed by atoms with Crippen molar-refractivity contribution in [3.8, 4) is 0 Å². The summed E-state index contributed by atoms with van der Waals surface area (Å²) in [5.74, 6) is 0.813. The second kappa shape index (κ2) is 5.23. The van der Waals surface area contributed by atoms with E-state index in [1.165, 1.54) is 0 Å². The zero-order chi connectivity index (χ0) is 11.4. The highest BCUT2D eigenvalue weighted by molar-refractivity contribution is 7.98. The Balaban J connectivity index is 2.09. The minimum Gasteiger partial charge on any atom is -0.397 e. The van der Waals surface area contributed by atoms with Crippen LogP contribution in [0, 0.1) is 0 Å². The number of nitrogen functional groups attached to an aromatic ring is 1. The number of benzene rings is 1. The molecule has 0 atom stereocenters. The molecule has 2 nitrogen and oxygen atoms in total. The molecule has 0 radical (unpaired) electrons. The first-order valence-corrected chi connectivity index (χ1v) is 6.19. The van der Waals surface area contributed by atoms with Crippen LogP contribution in [-0.4, -0.2) is 4.98 Å². The van der Waals surface area contributed by atoms with Gasteiger partial charge in [-0.25, -0.2) is 0 Å². The molecule has 0 aliphatic rings. The molecule has 0 saturated carbocycles. The summed E-state index contributed by atoms with van der Waals surface area (Å²) in [7, 11) is 0. The maximum atomic E-state index is 6.07. The van der Waals surface area contributed by atoms with Crippen LogP contribution in [0.2, 0.25) is 5.02 Å². The minimum absolute atomic E-state index is 0.708. The molecule has 2 rings (SSSR count). The van der Waals surface area contributed by atoms with Gasteiger partial charge < -0.3 is 5.73 Å². The molecule has 0 amide bonds. The SMILES string of the molecule is Nc1cnccc1SCc1ccccc1Cl. The molecule has 0 unspecified atom stereocenters. The Kier molecular flexibility index (Phi) is 3.70. The number of aromatic nitrogens is 1. The standard InChI is InChI=1S/C12H11ClN2S/c13-10-4-2-1-3-9(10)8-16-12-5-6-15-7-11(12)14/h1-7H,8,14H2. The molecule has 0 spiro atoms. The molecule has 16 heavy (non-hydrogen) atoms. The largest absolute Gasteiger partial charge is 0.397 e. The van der Waals surface area contributed by atoms with Gasteiger partial charge in [-0.2, -0.15) is 0 Å². The summed E-state index contributed by atoms with van der Waals surface area (Å²) in [6, 6.07) is 9.74. The Labute approximate surface area is 104 Å². The molecular weight excluding hydrogens is 240 g/mol. The molecule has 82 valence electrons. The first-order chi connectivity index (χ1) is 7.77. The van der Waals surface area contributed by atoms with Gasteiger partial charge in [0.1, 0.15) is 0 Å². The molecular formula is C12H11ClN2S. The maximum Gasteiger partial charge on any atom is 0.0638 e. The second-order valence-corrected chi connectivity index (χ2v) is 4.72. The van der Waals surface area contributed by atoms with Crippen molar-refractivity contribution in [3.63, 3.8) is 0 Å². The summed E-state index contributed by atoms with van der Waals surface area (Å²) in [6.07, 6.45) is 3.40. The van der Waals surface area contributed by atoms with Crippen LogP contribution in [0.25, 0.3) is 0 Å². The van der Waals surface area contributed by atoms with E-state index in [1.54, 1.807) is 24.2 Å². The van der Waals surface area contributed by atoms with Gasteiger partial charge in [-0.3, -0.25) is 4.98 Å². The Morgan fingerprint density at radius 2 is 2.06 bits per heavy atom. The summed E-state index contributed by atoms with van der Waals surface area (Å²) < 4.78 is 0. The van der Waals surface area contributed by atoms with E-state index in [4.69, 9.17) is 17.3 Å². The first kappa shape index (κ1) is 11.3. The second-order valence-electron chi connectivity index (χ2n) is 3.29. The highest BCUT2D eigenvalue weighted by Crippen LogP contribution is 2.29.